The monoisotopic (exact) mass is 287 g/mol. The molecule has 0 spiro atoms. The predicted molar refractivity (Wildman–Crippen MR) is 66.2 cm³/mol. The standard InChI is InChI=1S/C14H16F3NO2/c15-14(16,17)20-12-4-2-1-3-11(12)13(19)6-8-18-7-5-10(13)9-18/h1-4,10,19H,5-9H2. The van der Waals surface area contributed by atoms with Crippen LogP contribution in [-0.2, 0) is 5.60 Å². The molecule has 0 aromatic heterocycles. The third-order valence-corrected chi connectivity index (χ3v) is 4.34. The molecule has 1 aromatic carbocycles. The average Bonchev–Trinajstić information content (AvgIpc) is 2.78. The van der Waals surface area contributed by atoms with Crippen molar-refractivity contribution < 1.29 is 23.0 Å². The number of para-hydroxylation sites is 1. The zero-order valence-corrected chi connectivity index (χ0v) is 10.9. The Labute approximate surface area is 115 Å². The van der Waals surface area contributed by atoms with E-state index in [2.05, 4.69) is 9.64 Å². The Bertz CT molecular complexity index is 505. The van der Waals surface area contributed by atoms with Crippen molar-refractivity contribution in [3.05, 3.63) is 29.8 Å². The zero-order valence-electron chi connectivity index (χ0n) is 10.9. The van der Waals surface area contributed by atoms with Gasteiger partial charge >= 0.3 is 6.36 Å². The van der Waals surface area contributed by atoms with Gasteiger partial charge in [0.2, 0.25) is 0 Å². The number of aliphatic hydroxyl groups is 1. The van der Waals surface area contributed by atoms with Crippen molar-refractivity contribution in [2.45, 2.75) is 24.8 Å². The first-order valence-electron chi connectivity index (χ1n) is 6.68. The van der Waals surface area contributed by atoms with E-state index in [1.807, 2.05) is 0 Å². The number of ether oxygens (including phenoxy) is 1. The maximum atomic E-state index is 12.5. The van der Waals surface area contributed by atoms with Crippen LogP contribution in [0, 0.1) is 5.92 Å². The molecule has 20 heavy (non-hydrogen) atoms. The van der Waals surface area contributed by atoms with Crippen molar-refractivity contribution in [3.63, 3.8) is 0 Å². The summed E-state index contributed by atoms with van der Waals surface area (Å²) in [5.41, 5.74) is -0.974. The highest BCUT2D eigenvalue weighted by Crippen LogP contribution is 2.46. The van der Waals surface area contributed by atoms with Crippen molar-refractivity contribution in [2.24, 2.45) is 5.92 Å². The third-order valence-electron chi connectivity index (χ3n) is 4.34. The Hall–Kier alpha value is -1.27. The van der Waals surface area contributed by atoms with Gasteiger partial charge in [-0.3, -0.25) is 0 Å². The van der Waals surface area contributed by atoms with Crippen molar-refractivity contribution >= 4 is 0 Å². The fourth-order valence-corrected chi connectivity index (χ4v) is 3.35. The quantitative estimate of drug-likeness (QED) is 0.907. The molecule has 3 atom stereocenters. The highest BCUT2D eigenvalue weighted by molar-refractivity contribution is 5.39. The minimum Gasteiger partial charge on any atom is -0.405 e. The van der Waals surface area contributed by atoms with Crippen LogP contribution < -0.4 is 4.74 Å². The molecule has 2 aliphatic rings. The molecule has 3 rings (SSSR count). The fourth-order valence-electron chi connectivity index (χ4n) is 3.35. The van der Waals surface area contributed by atoms with Crippen LogP contribution in [0.3, 0.4) is 0 Å². The van der Waals surface area contributed by atoms with Gasteiger partial charge in [-0.15, -0.1) is 13.2 Å². The molecule has 0 aliphatic carbocycles. The number of piperidine rings is 1. The van der Waals surface area contributed by atoms with Gasteiger partial charge in [0.25, 0.3) is 0 Å². The molecule has 0 saturated carbocycles. The lowest BCUT2D eigenvalue weighted by Gasteiger charge is -2.39. The number of alkyl halides is 3. The minimum atomic E-state index is -4.75. The zero-order chi connectivity index (χ0) is 14.4. The van der Waals surface area contributed by atoms with Gasteiger partial charge in [0.1, 0.15) is 5.75 Å². The van der Waals surface area contributed by atoms with Crippen molar-refractivity contribution in [3.8, 4) is 5.75 Å². The van der Waals surface area contributed by atoms with E-state index < -0.39 is 12.0 Å². The van der Waals surface area contributed by atoms with Gasteiger partial charge in [-0.25, -0.2) is 0 Å². The van der Waals surface area contributed by atoms with E-state index >= 15 is 0 Å². The Balaban J connectivity index is 1.97. The van der Waals surface area contributed by atoms with Gasteiger partial charge in [0.05, 0.1) is 5.60 Å². The van der Waals surface area contributed by atoms with Crippen LogP contribution in [0.4, 0.5) is 13.2 Å². The molecule has 2 saturated heterocycles. The van der Waals surface area contributed by atoms with Crippen LogP contribution in [0.1, 0.15) is 18.4 Å². The van der Waals surface area contributed by atoms with Gasteiger partial charge in [-0.1, -0.05) is 18.2 Å². The summed E-state index contributed by atoms with van der Waals surface area (Å²) in [5.74, 6) is -0.322. The SMILES string of the molecule is OC1(c2ccccc2OC(F)(F)F)CCN2CCC1C2. The van der Waals surface area contributed by atoms with Gasteiger partial charge in [0, 0.05) is 24.6 Å². The summed E-state index contributed by atoms with van der Waals surface area (Å²) in [4.78, 5) is 2.23. The summed E-state index contributed by atoms with van der Waals surface area (Å²) >= 11 is 0. The molecule has 2 heterocycles. The van der Waals surface area contributed by atoms with Crippen LogP contribution in [0.2, 0.25) is 0 Å². The molecule has 0 amide bonds. The van der Waals surface area contributed by atoms with E-state index in [0.717, 1.165) is 19.5 Å². The van der Waals surface area contributed by atoms with Gasteiger partial charge in [0.15, 0.2) is 0 Å². The van der Waals surface area contributed by atoms with Crippen LogP contribution in [0.5, 0.6) is 5.75 Å². The number of halogens is 3. The number of fused-ring (bicyclic) bond motifs is 2. The number of benzene rings is 1. The summed E-state index contributed by atoms with van der Waals surface area (Å²) < 4.78 is 41.5. The number of hydrogen-bond donors (Lipinski definition) is 1. The van der Waals surface area contributed by atoms with E-state index in [-0.39, 0.29) is 17.2 Å². The van der Waals surface area contributed by atoms with E-state index in [1.165, 1.54) is 18.2 Å². The second-order valence-electron chi connectivity index (χ2n) is 5.50. The van der Waals surface area contributed by atoms with Crippen LogP contribution in [0.25, 0.3) is 0 Å². The molecule has 0 radical (unpaired) electrons. The first-order chi connectivity index (χ1) is 9.38. The molecule has 3 unspecified atom stereocenters. The Kier molecular flexibility index (Phi) is 3.17. The van der Waals surface area contributed by atoms with Crippen LogP contribution in [0.15, 0.2) is 24.3 Å². The fraction of sp³-hybridized carbons (Fsp3) is 0.571. The molecular formula is C14H16F3NO2. The van der Waals surface area contributed by atoms with Crippen LogP contribution in [-0.4, -0.2) is 36.0 Å². The highest BCUT2D eigenvalue weighted by atomic mass is 19.4. The topological polar surface area (TPSA) is 32.7 Å². The minimum absolute atomic E-state index is 0.0331. The summed E-state index contributed by atoms with van der Waals surface area (Å²) in [6.07, 6.45) is -3.50. The molecule has 2 aliphatic heterocycles. The molecule has 2 fully saturated rings. The molecular weight excluding hydrogens is 271 g/mol. The average molecular weight is 287 g/mol. The van der Waals surface area contributed by atoms with Crippen molar-refractivity contribution in [1.82, 2.24) is 4.90 Å². The molecule has 1 N–H and O–H groups in total. The Morgan fingerprint density at radius 2 is 2.00 bits per heavy atom. The largest absolute Gasteiger partial charge is 0.573 e. The van der Waals surface area contributed by atoms with Crippen molar-refractivity contribution in [1.29, 1.82) is 0 Å². The summed E-state index contributed by atoms with van der Waals surface area (Å²) in [7, 11) is 0. The number of rotatable bonds is 2. The lowest BCUT2D eigenvalue weighted by molar-refractivity contribution is -0.275. The molecule has 110 valence electrons. The van der Waals surface area contributed by atoms with Crippen molar-refractivity contribution in [2.75, 3.05) is 19.6 Å². The maximum Gasteiger partial charge on any atom is 0.573 e. The van der Waals surface area contributed by atoms with E-state index in [1.54, 1.807) is 6.07 Å². The molecule has 3 nitrogen and oxygen atoms in total. The van der Waals surface area contributed by atoms with E-state index in [4.69, 9.17) is 0 Å². The van der Waals surface area contributed by atoms with E-state index in [0.29, 0.717) is 13.0 Å². The number of nitrogens with zero attached hydrogens (tertiary/aromatic N) is 1. The molecule has 2 bridgehead atoms. The lowest BCUT2D eigenvalue weighted by Crippen LogP contribution is -2.44. The maximum absolute atomic E-state index is 12.5. The third kappa shape index (κ3) is 2.38. The smallest absolute Gasteiger partial charge is 0.405 e. The second kappa shape index (κ2) is 4.63. The summed E-state index contributed by atoms with van der Waals surface area (Å²) in [6, 6.07) is 5.92. The second-order valence-corrected chi connectivity index (χ2v) is 5.50. The van der Waals surface area contributed by atoms with Gasteiger partial charge in [-0.2, -0.15) is 0 Å². The molecule has 6 heteroatoms. The number of hydrogen-bond acceptors (Lipinski definition) is 3. The van der Waals surface area contributed by atoms with Crippen LogP contribution >= 0.6 is 0 Å². The van der Waals surface area contributed by atoms with Gasteiger partial charge in [-0.05, 0) is 25.5 Å². The van der Waals surface area contributed by atoms with E-state index in [9.17, 15) is 18.3 Å². The summed E-state index contributed by atoms with van der Waals surface area (Å²) in [5, 5.41) is 10.9. The van der Waals surface area contributed by atoms with Gasteiger partial charge < -0.3 is 14.7 Å². The first-order valence-corrected chi connectivity index (χ1v) is 6.68. The Morgan fingerprint density at radius 1 is 1.25 bits per heavy atom. The Morgan fingerprint density at radius 3 is 2.75 bits per heavy atom. The lowest BCUT2D eigenvalue weighted by atomic mass is 9.76. The highest BCUT2D eigenvalue weighted by Gasteiger charge is 2.48. The predicted octanol–water partition coefficient (Wildman–Crippen LogP) is 2.50. The first kappa shape index (κ1) is 13.7. The summed E-state index contributed by atoms with van der Waals surface area (Å²) in [6.45, 7) is 2.33. The molecule has 1 aromatic rings. The normalized spacial score (nSPS) is 33.2.